The van der Waals surface area contributed by atoms with Crippen LogP contribution < -0.4 is 19.7 Å². The van der Waals surface area contributed by atoms with E-state index in [1.165, 1.54) is 22.7 Å². The summed E-state index contributed by atoms with van der Waals surface area (Å²) in [6.45, 7) is 1.63. The summed E-state index contributed by atoms with van der Waals surface area (Å²) < 4.78 is 11.8. The fourth-order valence-electron chi connectivity index (χ4n) is 4.77. The molecule has 0 aliphatic carbocycles. The van der Waals surface area contributed by atoms with Gasteiger partial charge in [0.2, 0.25) is 5.88 Å². The molecule has 11 heteroatoms. The van der Waals surface area contributed by atoms with E-state index in [2.05, 4.69) is 20.2 Å². The van der Waals surface area contributed by atoms with Gasteiger partial charge in [-0.3, -0.25) is 10.1 Å². The lowest BCUT2D eigenvalue weighted by molar-refractivity contribution is 0.102. The number of hydrogen-bond acceptors (Lipinski definition) is 9. The Kier molecular flexibility index (Phi) is 7.79. The van der Waals surface area contributed by atoms with Crippen LogP contribution in [0.25, 0.3) is 10.2 Å². The van der Waals surface area contributed by atoms with Gasteiger partial charge in [0, 0.05) is 18.7 Å². The van der Waals surface area contributed by atoms with Crippen LogP contribution in [0.5, 0.6) is 11.6 Å². The van der Waals surface area contributed by atoms with Crippen molar-refractivity contribution >= 4 is 55.2 Å². The molecular formula is C30H26N4O5S2. The number of nitrogens with one attached hydrogen (secondary N) is 1. The molecule has 0 fully saturated rings. The first-order chi connectivity index (χ1) is 20.0. The number of anilines is 2. The van der Waals surface area contributed by atoms with Crippen molar-refractivity contribution in [2.75, 3.05) is 23.4 Å². The van der Waals surface area contributed by atoms with Gasteiger partial charge in [-0.15, -0.1) is 0 Å². The van der Waals surface area contributed by atoms with Gasteiger partial charge in [0.1, 0.15) is 5.75 Å². The van der Waals surface area contributed by atoms with Crippen LogP contribution in [0.15, 0.2) is 72.8 Å². The Morgan fingerprint density at radius 1 is 0.976 bits per heavy atom. The van der Waals surface area contributed by atoms with Crippen LogP contribution in [0.2, 0.25) is 0 Å². The summed E-state index contributed by atoms with van der Waals surface area (Å²) >= 11 is 2.85. The van der Waals surface area contributed by atoms with E-state index in [1.54, 1.807) is 0 Å². The van der Waals surface area contributed by atoms with E-state index < -0.39 is 6.16 Å². The average Bonchev–Trinajstić information content (AvgIpc) is 3.58. The predicted molar refractivity (Wildman–Crippen MR) is 160 cm³/mol. The van der Waals surface area contributed by atoms with Gasteiger partial charge in [-0.05, 0) is 60.7 Å². The van der Waals surface area contributed by atoms with Gasteiger partial charge in [0.05, 0.1) is 21.7 Å². The standard InChI is InChI=1S/C30H26N4O5S2/c35-26(32-28-31-23-12-4-5-13-24(23)40-28)21-11-6-8-19-15-16-34(18-22(19)21)29-33-27(39-30(36)37)25(41-29)14-7-17-38-20-9-2-1-3-10-20/h1-6,8-13H,7,14-18H2,(H,36,37)(H,31,32,35). The topological polar surface area (TPSA) is 114 Å². The molecule has 0 radical (unpaired) electrons. The largest absolute Gasteiger partial charge is 0.512 e. The number of fused-ring (bicyclic) bond motifs is 2. The highest BCUT2D eigenvalue weighted by Crippen LogP contribution is 2.36. The number of aromatic nitrogens is 2. The van der Waals surface area contributed by atoms with E-state index >= 15 is 0 Å². The number of carbonyl (C=O) groups excluding carboxylic acids is 1. The smallest absolute Gasteiger partial charge is 0.494 e. The summed E-state index contributed by atoms with van der Waals surface area (Å²) in [6.07, 6.45) is 0.562. The van der Waals surface area contributed by atoms with Crippen molar-refractivity contribution in [3.63, 3.8) is 0 Å². The first-order valence-electron chi connectivity index (χ1n) is 13.1. The van der Waals surface area contributed by atoms with Crippen LogP contribution >= 0.6 is 22.7 Å². The van der Waals surface area contributed by atoms with Gasteiger partial charge < -0.3 is 19.5 Å². The van der Waals surface area contributed by atoms with E-state index in [9.17, 15) is 14.7 Å². The molecule has 0 spiro atoms. The Hall–Kier alpha value is -4.48. The van der Waals surface area contributed by atoms with Gasteiger partial charge in [0.25, 0.3) is 5.91 Å². The molecule has 6 rings (SSSR count). The molecule has 1 aliphatic heterocycles. The molecule has 2 aromatic heterocycles. The molecule has 1 aliphatic rings. The number of thiazole rings is 2. The summed E-state index contributed by atoms with van der Waals surface area (Å²) in [6, 6.07) is 23.1. The van der Waals surface area contributed by atoms with E-state index in [1.807, 2.05) is 72.8 Å². The summed E-state index contributed by atoms with van der Waals surface area (Å²) in [5.74, 6) is 0.676. The minimum absolute atomic E-state index is 0.102. The molecule has 208 valence electrons. The first-order valence-corrected chi connectivity index (χ1v) is 14.8. The van der Waals surface area contributed by atoms with Gasteiger partial charge in [-0.2, -0.15) is 4.98 Å². The molecular weight excluding hydrogens is 560 g/mol. The van der Waals surface area contributed by atoms with Crippen LogP contribution in [-0.4, -0.2) is 40.3 Å². The Bertz CT molecular complexity index is 1670. The Balaban J connectivity index is 1.17. The normalized spacial score (nSPS) is 12.6. The Morgan fingerprint density at radius 3 is 2.63 bits per heavy atom. The van der Waals surface area contributed by atoms with Crippen molar-refractivity contribution in [3.05, 3.63) is 94.4 Å². The number of rotatable bonds is 9. The maximum absolute atomic E-state index is 13.4. The summed E-state index contributed by atoms with van der Waals surface area (Å²) in [5.41, 5.74) is 3.46. The molecule has 2 N–H and O–H groups in total. The van der Waals surface area contributed by atoms with Gasteiger partial charge in [-0.25, -0.2) is 9.78 Å². The molecule has 41 heavy (non-hydrogen) atoms. The summed E-state index contributed by atoms with van der Waals surface area (Å²) in [5, 5.41) is 13.5. The zero-order chi connectivity index (χ0) is 28.2. The number of hydrogen-bond donors (Lipinski definition) is 2. The van der Waals surface area contributed by atoms with Crippen molar-refractivity contribution in [2.45, 2.75) is 25.8 Å². The van der Waals surface area contributed by atoms with E-state index in [0.29, 0.717) is 48.4 Å². The highest BCUT2D eigenvalue weighted by atomic mass is 32.1. The quantitative estimate of drug-likeness (QED) is 0.146. The Labute approximate surface area is 244 Å². The van der Waals surface area contributed by atoms with E-state index in [-0.39, 0.29) is 11.8 Å². The highest BCUT2D eigenvalue weighted by Gasteiger charge is 2.26. The van der Waals surface area contributed by atoms with Crippen molar-refractivity contribution in [1.29, 1.82) is 0 Å². The van der Waals surface area contributed by atoms with Crippen molar-refractivity contribution in [2.24, 2.45) is 0 Å². The van der Waals surface area contributed by atoms with E-state index in [4.69, 9.17) is 9.47 Å². The molecule has 9 nitrogen and oxygen atoms in total. The van der Waals surface area contributed by atoms with Crippen molar-refractivity contribution in [3.8, 4) is 11.6 Å². The second-order valence-corrected chi connectivity index (χ2v) is 11.5. The highest BCUT2D eigenvalue weighted by molar-refractivity contribution is 7.22. The second-order valence-electron chi connectivity index (χ2n) is 9.41. The number of aryl methyl sites for hydroxylation is 1. The molecule has 5 aromatic rings. The fourth-order valence-corrected chi connectivity index (χ4v) is 6.68. The number of ether oxygens (including phenoxy) is 2. The second kappa shape index (κ2) is 11.9. The molecule has 0 saturated heterocycles. The molecule has 0 unspecified atom stereocenters. The minimum Gasteiger partial charge on any atom is -0.494 e. The minimum atomic E-state index is -1.40. The van der Waals surface area contributed by atoms with E-state index in [0.717, 1.165) is 38.4 Å². The van der Waals surface area contributed by atoms with Crippen LogP contribution in [0.3, 0.4) is 0 Å². The zero-order valence-corrected chi connectivity index (χ0v) is 23.5. The molecule has 0 bridgehead atoms. The number of amides is 1. The third-order valence-electron chi connectivity index (χ3n) is 6.70. The van der Waals surface area contributed by atoms with Crippen LogP contribution in [-0.2, 0) is 19.4 Å². The van der Waals surface area contributed by atoms with Crippen molar-refractivity contribution in [1.82, 2.24) is 9.97 Å². The van der Waals surface area contributed by atoms with Crippen molar-refractivity contribution < 1.29 is 24.2 Å². The maximum atomic E-state index is 13.4. The first kappa shape index (κ1) is 26.7. The average molecular weight is 587 g/mol. The Morgan fingerprint density at radius 2 is 1.80 bits per heavy atom. The lowest BCUT2D eigenvalue weighted by Crippen LogP contribution is -2.32. The molecule has 3 heterocycles. The molecule has 0 atom stereocenters. The molecule has 3 aromatic carbocycles. The SMILES string of the molecule is O=C(O)Oc1nc(N2CCc3cccc(C(=O)Nc4nc5ccccc5s4)c3C2)sc1CCCOc1ccccc1. The van der Waals surface area contributed by atoms with Crippen LogP contribution in [0, 0.1) is 0 Å². The number of benzene rings is 3. The fraction of sp³-hybridized carbons (Fsp3) is 0.200. The lowest BCUT2D eigenvalue weighted by atomic mass is 9.94. The van der Waals surface area contributed by atoms with Gasteiger partial charge >= 0.3 is 6.16 Å². The summed E-state index contributed by atoms with van der Waals surface area (Å²) in [4.78, 5) is 36.6. The predicted octanol–water partition coefficient (Wildman–Crippen LogP) is 6.64. The summed E-state index contributed by atoms with van der Waals surface area (Å²) in [7, 11) is 0. The number of para-hydroxylation sites is 2. The van der Waals surface area contributed by atoms with Gasteiger partial charge in [0.15, 0.2) is 10.3 Å². The maximum Gasteiger partial charge on any atom is 0.512 e. The number of carbonyl (C=O) groups is 2. The number of nitrogens with zero attached hydrogens (tertiary/aromatic N) is 3. The van der Waals surface area contributed by atoms with Gasteiger partial charge in [-0.1, -0.05) is 65.1 Å². The monoisotopic (exact) mass is 586 g/mol. The molecule has 1 amide bonds. The lowest BCUT2D eigenvalue weighted by Gasteiger charge is -2.29. The third-order valence-corrected chi connectivity index (χ3v) is 8.81. The molecule has 0 saturated carbocycles. The number of carboxylic acid groups (broad SMARTS) is 1. The third kappa shape index (κ3) is 6.16. The van der Waals surface area contributed by atoms with Crippen LogP contribution in [0.4, 0.5) is 15.1 Å². The van der Waals surface area contributed by atoms with Crippen LogP contribution in [0.1, 0.15) is 32.8 Å². The zero-order valence-electron chi connectivity index (χ0n) is 21.9.